The van der Waals surface area contributed by atoms with Crippen molar-refractivity contribution in [3.8, 4) is 0 Å². The summed E-state index contributed by atoms with van der Waals surface area (Å²) in [5.74, 6) is -0.0907. The van der Waals surface area contributed by atoms with Gasteiger partial charge < -0.3 is 15.5 Å². The van der Waals surface area contributed by atoms with Crippen LogP contribution >= 0.6 is 0 Å². The monoisotopic (exact) mass is 756 g/mol. The summed E-state index contributed by atoms with van der Waals surface area (Å²) in [4.78, 5) is 12.3. The van der Waals surface area contributed by atoms with Crippen molar-refractivity contribution >= 4 is 5.91 Å². The molecule has 0 aromatic heterocycles. The standard InChI is InChI=1S/C50H93NO3/c1-3-5-7-9-11-13-15-16-17-18-19-20-21-22-23-24-25-26-27-28-29-30-31-32-33-34-35-36-37-39-41-43-45-49(53)48(47-52)51-50(54)46-44-42-40-38-14-12-10-8-6-4-2/h8,10,32-33,36-37,43,45,48-49,52-53H,3-7,9,11-31,34-35,38-42,44,46-47H2,1-2H3,(H,51,54)/b10-8-,33-32+,37-36+,45-43+. The molecule has 0 rings (SSSR count). The highest BCUT2D eigenvalue weighted by atomic mass is 16.3. The maximum Gasteiger partial charge on any atom is 0.220 e. The van der Waals surface area contributed by atoms with Gasteiger partial charge >= 0.3 is 0 Å². The van der Waals surface area contributed by atoms with Gasteiger partial charge in [-0.2, -0.15) is 0 Å². The Morgan fingerprint density at radius 2 is 0.759 bits per heavy atom. The zero-order chi connectivity index (χ0) is 39.3. The minimum Gasteiger partial charge on any atom is -0.394 e. The van der Waals surface area contributed by atoms with E-state index in [9.17, 15) is 15.0 Å². The highest BCUT2D eigenvalue weighted by Crippen LogP contribution is 2.16. The largest absolute Gasteiger partial charge is 0.394 e. The molecule has 2 atom stereocenters. The quantitative estimate of drug-likeness (QED) is 0.0429. The minimum absolute atomic E-state index is 0.0907. The summed E-state index contributed by atoms with van der Waals surface area (Å²) in [6.45, 7) is 4.23. The summed E-state index contributed by atoms with van der Waals surface area (Å²) in [5, 5.41) is 22.9. The second kappa shape index (κ2) is 45.7. The Balaban J connectivity index is 3.52. The zero-order valence-electron chi connectivity index (χ0n) is 36.2. The number of aliphatic hydroxyl groups is 2. The predicted molar refractivity (Wildman–Crippen MR) is 239 cm³/mol. The van der Waals surface area contributed by atoms with Crippen molar-refractivity contribution in [3.63, 3.8) is 0 Å². The van der Waals surface area contributed by atoms with Crippen molar-refractivity contribution in [3.05, 3.63) is 48.6 Å². The van der Waals surface area contributed by atoms with Crippen LogP contribution in [-0.2, 0) is 4.79 Å². The van der Waals surface area contributed by atoms with Gasteiger partial charge in [-0.25, -0.2) is 0 Å². The number of nitrogens with one attached hydrogen (secondary N) is 1. The van der Waals surface area contributed by atoms with Crippen molar-refractivity contribution < 1.29 is 15.0 Å². The molecule has 0 saturated carbocycles. The molecule has 0 aromatic carbocycles. The van der Waals surface area contributed by atoms with Crippen LogP contribution in [0.1, 0.15) is 245 Å². The molecule has 0 radical (unpaired) electrons. The number of aliphatic hydroxyl groups excluding tert-OH is 2. The third kappa shape index (κ3) is 41.5. The first-order valence-corrected chi connectivity index (χ1v) is 23.9. The van der Waals surface area contributed by atoms with E-state index in [0.29, 0.717) is 6.42 Å². The van der Waals surface area contributed by atoms with E-state index in [1.54, 1.807) is 6.08 Å². The van der Waals surface area contributed by atoms with Crippen LogP contribution in [0.15, 0.2) is 48.6 Å². The summed E-state index contributed by atoms with van der Waals surface area (Å²) in [5.41, 5.74) is 0. The molecule has 0 spiro atoms. The molecule has 3 N–H and O–H groups in total. The van der Waals surface area contributed by atoms with Gasteiger partial charge in [-0.1, -0.05) is 223 Å². The number of unbranched alkanes of at least 4 members (excludes halogenated alkanes) is 30. The molecule has 2 unspecified atom stereocenters. The lowest BCUT2D eigenvalue weighted by molar-refractivity contribution is -0.123. The van der Waals surface area contributed by atoms with E-state index in [1.807, 2.05) is 6.08 Å². The smallest absolute Gasteiger partial charge is 0.220 e. The number of hydrogen-bond donors (Lipinski definition) is 3. The van der Waals surface area contributed by atoms with Crippen LogP contribution in [0, 0.1) is 0 Å². The van der Waals surface area contributed by atoms with Gasteiger partial charge in [0.25, 0.3) is 0 Å². The summed E-state index contributed by atoms with van der Waals surface area (Å²) in [6, 6.07) is -0.649. The number of carbonyl (C=O) groups excluding carboxylic acids is 1. The second-order valence-electron chi connectivity index (χ2n) is 16.2. The third-order valence-electron chi connectivity index (χ3n) is 10.7. The van der Waals surface area contributed by atoms with E-state index in [-0.39, 0.29) is 12.5 Å². The lowest BCUT2D eigenvalue weighted by Crippen LogP contribution is -2.45. The van der Waals surface area contributed by atoms with Crippen LogP contribution in [0.5, 0.6) is 0 Å². The van der Waals surface area contributed by atoms with Crippen LogP contribution < -0.4 is 5.32 Å². The molecular weight excluding hydrogens is 663 g/mol. The fourth-order valence-corrected chi connectivity index (χ4v) is 7.10. The molecular formula is C50H93NO3. The van der Waals surface area contributed by atoms with E-state index < -0.39 is 12.1 Å². The van der Waals surface area contributed by atoms with Crippen LogP contribution in [0.4, 0.5) is 0 Å². The number of rotatable bonds is 43. The summed E-state index contributed by atoms with van der Waals surface area (Å²) < 4.78 is 0. The molecule has 316 valence electrons. The van der Waals surface area contributed by atoms with Crippen molar-refractivity contribution in [2.24, 2.45) is 0 Å². The lowest BCUT2D eigenvalue weighted by Gasteiger charge is -2.19. The van der Waals surface area contributed by atoms with Gasteiger partial charge in [-0.15, -0.1) is 0 Å². The van der Waals surface area contributed by atoms with Crippen LogP contribution in [-0.4, -0.2) is 34.9 Å². The molecule has 0 heterocycles. The molecule has 54 heavy (non-hydrogen) atoms. The molecule has 0 aromatic rings. The Labute approximate surface area is 337 Å². The van der Waals surface area contributed by atoms with Gasteiger partial charge in [0, 0.05) is 6.42 Å². The van der Waals surface area contributed by atoms with E-state index >= 15 is 0 Å². The third-order valence-corrected chi connectivity index (χ3v) is 10.7. The van der Waals surface area contributed by atoms with Gasteiger partial charge in [0.1, 0.15) is 0 Å². The van der Waals surface area contributed by atoms with Crippen molar-refractivity contribution in [1.82, 2.24) is 5.32 Å². The van der Waals surface area contributed by atoms with Gasteiger partial charge in [0.2, 0.25) is 5.91 Å². The molecule has 0 saturated heterocycles. The molecule has 4 heteroatoms. The minimum atomic E-state index is -0.873. The van der Waals surface area contributed by atoms with Gasteiger partial charge in [0.05, 0.1) is 18.8 Å². The number of carbonyl (C=O) groups is 1. The van der Waals surface area contributed by atoms with Crippen LogP contribution in [0.3, 0.4) is 0 Å². The van der Waals surface area contributed by atoms with E-state index in [1.165, 1.54) is 173 Å². The lowest BCUT2D eigenvalue weighted by atomic mass is 10.0. The Morgan fingerprint density at radius 3 is 1.15 bits per heavy atom. The Morgan fingerprint density at radius 1 is 0.426 bits per heavy atom. The van der Waals surface area contributed by atoms with Gasteiger partial charge in [-0.05, 0) is 64.2 Å². The average Bonchev–Trinajstić information content (AvgIpc) is 3.18. The number of allylic oxidation sites excluding steroid dienone is 7. The molecule has 0 aliphatic rings. The van der Waals surface area contributed by atoms with Gasteiger partial charge in [0.15, 0.2) is 0 Å². The van der Waals surface area contributed by atoms with Crippen molar-refractivity contribution in [1.29, 1.82) is 0 Å². The summed E-state index contributed by atoms with van der Waals surface area (Å²) >= 11 is 0. The molecule has 0 aliphatic carbocycles. The topological polar surface area (TPSA) is 69.6 Å². The molecule has 0 aliphatic heterocycles. The van der Waals surface area contributed by atoms with E-state index in [2.05, 4.69) is 55.6 Å². The number of amides is 1. The molecule has 1 amide bonds. The fourth-order valence-electron chi connectivity index (χ4n) is 7.10. The fraction of sp³-hybridized carbons (Fsp3) is 0.820. The molecule has 0 fully saturated rings. The van der Waals surface area contributed by atoms with E-state index in [4.69, 9.17) is 0 Å². The Kier molecular flexibility index (Phi) is 44.3. The van der Waals surface area contributed by atoms with E-state index in [0.717, 1.165) is 51.4 Å². The first-order valence-electron chi connectivity index (χ1n) is 23.9. The first kappa shape index (κ1) is 52.3. The highest BCUT2D eigenvalue weighted by molar-refractivity contribution is 5.76. The average molecular weight is 756 g/mol. The van der Waals surface area contributed by atoms with Gasteiger partial charge in [-0.3, -0.25) is 4.79 Å². The normalized spacial score (nSPS) is 13.3. The Hall–Kier alpha value is -1.65. The first-order chi connectivity index (χ1) is 26.7. The van der Waals surface area contributed by atoms with Crippen LogP contribution in [0.2, 0.25) is 0 Å². The van der Waals surface area contributed by atoms with Crippen LogP contribution in [0.25, 0.3) is 0 Å². The second-order valence-corrected chi connectivity index (χ2v) is 16.2. The Bertz CT molecular complexity index is 862. The zero-order valence-corrected chi connectivity index (χ0v) is 36.2. The molecule has 4 nitrogen and oxygen atoms in total. The van der Waals surface area contributed by atoms with Crippen molar-refractivity contribution in [2.75, 3.05) is 6.61 Å². The maximum atomic E-state index is 12.3. The number of hydrogen-bond acceptors (Lipinski definition) is 3. The molecule has 0 bridgehead atoms. The van der Waals surface area contributed by atoms with Crippen molar-refractivity contribution in [2.45, 2.75) is 257 Å². The highest BCUT2D eigenvalue weighted by Gasteiger charge is 2.17. The maximum absolute atomic E-state index is 12.3. The SMILES string of the molecule is CCC/C=C\CCCCCCCC(=O)NC(CO)C(O)/C=C/CC/C=C/CC/C=C/CCCCCCCCCCCCCCCCCCCCCCCC. The predicted octanol–water partition coefficient (Wildman–Crippen LogP) is 15.1. The summed E-state index contributed by atoms with van der Waals surface area (Å²) in [7, 11) is 0. The summed E-state index contributed by atoms with van der Waals surface area (Å²) in [6.07, 6.45) is 62.6.